The Hall–Kier alpha value is -2.64. The second-order valence-electron chi connectivity index (χ2n) is 6.40. The van der Waals surface area contributed by atoms with Crippen LogP contribution in [0, 0.1) is 5.41 Å². The van der Waals surface area contributed by atoms with E-state index >= 15 is 0 Å². The lowest BCUT2D eigenvalue weighted by atomic mass is 10.1. The number of unbranched alkanes of at least 4 members (excludes halogenated alkanes) is 1. The molecule has 28 heavy (non-hydrogen) atoms. The number of rotatable bonds is 5. The molecule has 0 radical (unpaired) electrons. The third-order valence-corrected chi connectivity index (χ3v) is 5.64. The van der Waals surface area contributed by atoms with Gasteiger partial charge in [0.2, 0.25) is 5.17 Å². The van der Waals surface area contributed by atoms with Crippen LogP contribution in [0.5, 0.6) is 0 Å². The van der Waals surface area contributed by atoms with Crippen molar-refractivity contribution in [2.75, 3.05) is 0 Å². The highest BCUT2D eigenvalue weighted by Gasteiger charge is 2.35. The van der Waals surface area contributed by atoms with Gasteiger partial charge in [-0.3, -0.25) is 10.2 Å². The molecule has 4 rings (SSSR count). The fraction of sp³-hybridized carbons (Fsp3) is 0.200. The number of benzene rings is 1. The zero-order valence-electron chi connectivity index (χ0n) is 15.2. The zero-order valence-corrected chi connectivity index (χ0v) is 16.8. The van der Waals surface area contributed by atoms with Crippen LogP contribution in [0.3, 0.4) is 0 Å². The van der Waals surface area contributed by atoms with Gasteiger partial charge in [-0.2, -0.15) is 15.1 Å². The van der Waals surface area contributed by atoms with Gasteiger partial charge in [-0.05, 0) is 67.1 Å². The van der Waals surface area contributed by atoms with Crippen molar-refractivity contribution in [3.63, 3.8) is 0 Å². The predicted molar refractivity (Wildman–Crippen MR) is 115 cm³/mol. The van der Waals surface area contributed by atoms with Gasteiger partial charge in [-0.1, -0.05) is 24.9 Å². The molecule has 2 aromatic rings. The van der Waals surface area contributed by atoms with E-state index in [1.54, 1.807) is 6.08 Å². The molecular weight excluding hydrogens is 394 g/mol. The van der Waals surface area contributed by atoms with Crippen LogP contribution in [0.15, 0.2) is 58.3 Å². The molecule has 8 heteroatoms. The van der Waals surface area contributed by atoms with Gasteiger partial charge < -0.3 is 4.57 Å². The number of thioether (sulfide) groups is 1. The number of fused-ring (bicyclic) bond motifs is 1. The lowest BCUT2D eigenvalue weighted by molar-refractivity contribution is -0.114. The Balaban J connectivity index is 1.66. The maximum absolute atomic E-state index is 12.6. The number of hydrazone groups is 1. The molecule has 0 atom stereocenters. The van der Waals surface area contributed by atoms with Crippen LogP contribution in [0.25, 0.3) is 11.8 Å². The molecule has 0 saturated heterocycles. The van der Waals surface area contributed by atoms with E-state index in [0.29, 0.717) is 10.2 Å². The van der Waals surface area contributed by atoms with Crippen molar-refractivity contribution in [2.45, 2.75) is 26.2 Å². The van der Waals surface area contributed by atoms with Gasteiger partial charge in [-0.25, -0.2) is 0 Å². The Labute approximate surface area is 172 Å². The first-order chi connectivity index (χ1) is 13.6. The zero-order chi connectivity index (χ0) is 19.7. The number of nitrogens with one attached hydrogen (secondary N) is 1. The number of amidine groups is 2. The van der Waals surface area contributed by atoms with Crippen molar-refractivity contribution in [3.05, 3.63) is 58.9 Å². The molecule has 0 bridgehead atoms. The number of hydrogen-bond donors (Lipinski definition) is 1. The highest BCUT2D eigenvalue weighted by Crippen LogP contribution is 2.30. The average Bonchev–Trinajstić information content (AvgIpc) is 3.31. The Morgan fingerprint density at radius 1 is 1.25 bits per heavy atom. The average molecular weight is 412 g/mol. The summed E-state index contributed by atoms with van der Waals surface area (Å²) in [4.78, 5) is 16.7. The van der Waals surface area contributed by atoms with E-state index in [0.717, 1.165) is 35.7 Å². The monoisotopic (exact) mass is 411 g/mol. The molecular formula is C20H18ClN5OS. The number of halogens is 1. The van der Waals surface area contributed by atoms with E-state index in [-0.39, 0.29) is 11.4 Å². The SMILES string of the molecule is CCCCC1=NN2C(=N)/C(=C\c3cccn3-c3ccc(Cl)cc3)C(=O)N=C2S1. The maximum Gasteiger partial charge on any atom is 0.283 e. The standard InChI is InChI=1S/C20H18ClN5OS/c1-2-3-6-17-24-26-18(22)16(19(27)23-20(26)28-17)12-15-5-4-11-25(15)14-9-7-13(21)8-10-14/h4-5,7-12,22H,2-3,6H2,1H3/b16-12+,22-18?. The highest BCUT2D eigenvalue weighted by atomic mass is 35.5. The molecule has 6 nitrogen and oxygen atoms in total. The fourth-order valence-corrected chi connectivity index (χ4v) is 4.01. The van der Waals surface area contributed by atoms with Crippen molar-refractivity contribution in [2.24, 2.45) is 10.1 Å². The topological polar surface area (TPSA) is 73.8 Å². The summed E-state index contributed by atoms with van der Waals surface area (Å²) in [5.74, 6) is -0.364. The summed E-state index contributed by atoms with van der Waals surface area (Å²) in [5.41, 5.74) is 1.91. The van der Waals surface area contributed by atoms with Gasteiger partial charge in [0.25, 0.3) is 5.91 Å². The van der Waals surface area contributed by atoms with E-state index in [9.17, 15) is 4.79 Å². The molecule has 0 aliphatic carbocycles. The van der Waals surface area contributed by atoms with Crippen molar-refractivity contribution in [1.29, 1.82) is 5.41 Å². The van der Waals surface area contributed by atoms with Crippen LogP contribution in [-0.2, 0) is 4.79 Å². The van der Waals surface area contributed by atoms with Gasteiger partial charge in [0.05, 0.1) is 5.57 Å². The summed E-state index contributed by atoms with van der Waals surface area (Å²) in [5, 5.41) is 16.4. The molecule has 1 aromatic carbocycles. The second-order valence-corrected chi connectivity index (χ2v) is 7.87. The van der Waals surface area contributed by atoms with E-state index < -0.39 is 5.91 Å². The molecule has 1 aromatic heterocycles. The summed E-state index contributed by atoms with van der Waals surface area (Å²) in [7, 11) is 0. The van der Waals surface area contributed by atoms with Gasteiger partial charge in [-0.15, -0.1) is 0 Å². The Morgan fingerprint density at radius 3 is 2.79 bits per heavy atom. The van der Waals surface area contributed by atoms with Crippen LogP contribution in [0.2, 0.25) is 5.02 Å². The van der Waals surface area contributed by atoms with Crippen molar-refractivity contribution < 1.29 is 4.79 Å². The summed E-state index contributed by atoms with van der Waals surface area (Å²) < 4.78 is 1.93. The normalized spacial score (nSPS) is 17.8. The molecule has 0 spiro atoms. The number of nitrogens with zero attached hydrogens (tertiary/aromatic N) is 4. The second kappa shape index (κ2) is 7.77. The van der Waals surface area contributed by atoms with Gasteiger partial charge >= 0.3 is 0 Å². The smallest absolute Gasteiger partial charge is 0.283 e. The summed E-state index contributed by atoms with van der Waals surface area (Å²) >= 11 is 7.35. The maximum atomic E-state index is 12.6. The van der Waals surface area contributed by atoms with E-state index in [1.165, 1.54) is 16.8 Å². The van der Waals surface area contributed by atoms with Gasteiger partial charge in [0, 0.05) is 22.6 Å². The van der Waals surface area contributed by atoms with Gasteiger partial charge in [0.15, 0.2) is 5.84 Å². The molecule has 142 valence electrons. The quantitative estimate of drug-likeness (QED) is 0.708. The van der Waals surface area contributed by atoms with Crippen molar-refractivity contribution in [1.82, 2.24) is 9.58 Å². The fourth-order valence-electron chi connectivity index (χ4n) is 2.96. The third kappa shape index (κ3) is 3.55. The van der Waals surface area contributed by atoms with Crippen LogP contribution >= 0.6 is 23.4 Å². The Morgan fingerprint density at radius 2 is 2.04 bits per heavy atom. The molecule has 3 heterocycles. The lowest BCUT2D eigenvalue weighted by Gasteiger charge is -2.20. The number of carbonyl (C=O) groups is 1. The Kier molecular flexibility index (Phi) is 5.19. The van der Waals surface area contributed by atoms with Gasteiger partial charge in [0.1, 0.15) is 5.04 Å². The van der Waals surface area contributed by atoms with Crippen molar-refractivity contribution >= 4 is 51.4 Å². The largest absolute Gasteiger partial charge is 0.317 e. The molecule has 0 unspecified atom stereocenters. The minimum Gasteiger partial charge on any atom is -0.317 e. The van der Waals surface area contributed by atoms with E-state index in [2.05, 4.69) is 17.0 Å². The molecule has 2 aliphatic rings. The first-order valence-corrected chi connectivity index (χ1v) is 10.2. The van der Waals surface area contributed by atoms with Crippen LogP contribution in [0.4, 0.5) is 0 Å². The van der Waals surface area contributed by atoms with Crippen molar-refractivity contribution in [3.8, 4) is 5.69 Å². The molecule has 0 fully saturated rings. The number of hydrogen-bond acceptors (Lipinski definition) is 4. The number of carbonyl (C=O) groups excluding carboxylic acids is 1. The van der Waals surface area contributed by atoms with E-state index in [1.807, 2.05) is 47.2 Å². The molecule has 0 saturated carbocycles. The summed E-state index contributed by atoms with van der Waals surface area (Å²) in [6.45, 7) is 2.12. The number of aliphatic imine (C=N–C) groups is 1. The molecule has 1 N–H and O–H groups in total. The first kappa shape index (κ1) is 18.7. The molecule has 1 amide bonds. The van der Waals surface area contributed by atoms with Crippen LogP contribution < -0.4 is 0 Å². The first-order valence-electron chi connectivity index (χ1n) is 8.99. The summed E-state index contributed by atoms with van der Waals surface area (Å²) in [6.07, 6.45) is 6.50. The third-order valence-electron chi connectivity index (χ3n) is 4.42. The predicted octanol–water partition coefficient (Wildman–Crippen LogP) is 4.94. The minimum absolute atomic E-state index is 0.0536. The number of amides is 1. The highest BCUT2D eigenvalue weighted by molar-refractivity contribution is 8.26. The summed E-state index contributed by atoms with van der Waals surface area (Å²) in [6, 6.07) is 11.2. The minimum atomic E-state index is -0.417. The van der Waals surface area contributed by atoms with Crippen LogP contribution in [0.1, 0.15) is 31.9 Å². The lowest BCUT2D eigenvalue weighted by Crippen LogP contribution is -2.35. The van der Waals surface area contributed by atoms with Crippen LogP contribution in [-0.4, -0.2) is 31.5 Å². The molecule has 2 aliphatic heterocycles. The number of aromatic nitrogens is 1. The Bertz CT molecular complexity index is 1040. The van der Waals surface area contributed by atoms with E-state index in [4.69, 9.17) is 17.0 Å².